The van der Waals surface area contributed by atoms with Crippen molar-refractivity contribution in [2.45, 2.75) is 57.3 Å². The number of guanidine groups is 1. The molecule has 0 amide bonds. The van der Waals surface area contributed by atoms with Crippen molar-refractivity contribution in [1.29, 1.82) is 0 Å². The molecule has 2 aromatic carbocycles. The number of benzene rings is 2. The fourth-order valence-corrected chi connectivity index (χ4v) is 5.18. The Morgan fingerprint density at radius 2 is 1.79 bits per heavy atom. The molecule has 2 N–H and O–H groups in total. The van der Waals surface area contributed by atoms with E-state index < -0.39 is 0 Å². The smallest absolute Gasteiger partial charge is 0.191 e. The number of nitrogens with one attached hydrogen (secondary N) is 2. The van der Waals surface area contributed by atoms with E-state index in [1.165, 1.54) is 55.3 Å². The second kappa shape index (κ2) is 11.3. The van der Waals surface area contributed by atoms with Gasteiger partial charge in [-0.3, -0.25) is 9.89 Å². The van der Waals surface area contributed by atoms with Crippen molar-refractivity contribution in [2.24, 2.45) is 4.99 Å². The van der Waals surface area contributed by atoms with Crippen molar-refractivity contribution in [3.8, 4) is 0 Å². The number of aliphatic imine (C=N–C) groups is 1. The van der Waals surface area contributed by atoms with Crippen LogP contribution >= 0.6 is 24.0 Å². The molecule has 1 aromatic heterocycles. The Morgan fingerprint density at radius 3 is 2.58 bits per heavy atom. The average Bonchev–Trinajstić information content (AvgIpc) is 3.59. The fourth-order valence-electron chi connectivity index (χ4n) is 5.18. The summed E-state index contributed by atoms with van der Waals surface area (Å²) in [6.07, 6.45) is 8.70. The average molecular weight is 559 g/mol. The maximum absolute atomic E-state index is 4.49. The summed E-state index contributed by atoms with van der Waals surface area (Å²) in [5.41, 5.74) is 4.75. The van der Waals surface area contributed by atoms with Crippen LogP contribution in [-0.4, -0.2) is 52.6 Å². The number of imidazole rings is 1. The Balaban J connectivity index is 0.00000259. The van der Waals surface area contributed by atoms with Gasteiger partial charge in [0.1, 0.15) is 0 Å². The fraction of sp³-hybridized carbons (Fsp3) is 0.462. The van der Waals surface area contributed by atoms with E-state index in [0.29, 0.717) is 6.04 Å². The van der Waals surface area contributed by atoms with E-state index in [1.807, 2.05) is 19.4 Å². The third kappa shape index (κ3) is 5.87. The first-order valence-corrected chi connectivity index (χ1v) is 12.0. The molecule has 2 fully saturated rings. The highest BCUT2D eigenvalue weighted by Gasteiger charge is 2.30. The summed E-state index contributed by atoms with van der Waals surface area (Å²) in [5.74, 6) is 0.900. The topological polar surface area (TPSA) is 57.5 Å². The number of fused-ring (bicyclic) bond motifs is 1. The molecule has 33 heavy (non-hydrogen) atoms. The van der Waals surface area contributed by atoms with Crippen molar-refractivity contribution >= 4 is 41.0 Å². The molecule has 3 aromatic rings. The van der Waals surface area contributed by atoms with E-state index in [0.717, 1.165) is 37.2 Å². The maximum Gasteiger partial charge on any atom is 0.191 e. The quantitative estimate of drug-likeness (QED) is 0.268. The minimum absolute atomic E-state index is 0. The molecule has 2 heterocycles. The van der Waals surface area contributed by atoms with Crippen molar-refractivity contribution in [3.63, 3.8) is 0 Å². The predicted molar refractivity (Wildman–Crippen MR) is 146 cm³/mol. The van der Waals surface area contributed by atoms with Gasteiger partial charge in [0.15, 0.2) is 5.96 Å². The molecule has 5 rings (SSSR count). The molecule has 1 atom stereocenters. The molecule has 1 unspecified atom stereocenters. The van der Waals surface area contributed by atoms with Gasteiger partial charge >= 0.3 is 0 Å². The van der Waals surface area contributed by atoms with Crippen molar-refractivity contribution < 1.29 is 0 Å². The van der Waals surface area contributed by atoms with Gasteiger partial charge in [0.05, 0.1) is 17.4 Å². The monoisotopic (exact) mass is 558 g/mol. The Bertz CT molecular complexity index is 1050. The van der Waals surface area contributed by atoms with Crippen LogP contribution in [0, 0.1) is 0 Å². The van der Waals surface area contributed by atoms with Gasteiger partial charge < -0.3 is 15.2 Å². The van der Waals surface area contributed by atoms with E-state index in [-0.39, 0.29) is 24.0 Å². The number of rotatable bonds is 6. The number of hydrogen-bond donors (Lipinski definition) is 2. The predicted octanol–water partition coefficient (Wildman–Crippen LogP) is 4.38. The summed E-state index contributed by atoms with van der Waals surface area (Å²) in [4.78, 5) is 11.6. The van der Waals surface area contributed by atoms with Crippen LogP contribution in [0.3, 0.4) is 0 Å². The third-order valence-corrected chi connectivity index (χ3v) is 6.99. The molecule has 7 heteroatoms. The second-order valence-electron chi connectivity index (χ2n) is 9.17. The molecule has 6 nitrogen and oxygen atoms in total. The molecule has 1 saturated heterocycles. The van der Waals surface area contributed by atoms with E-state index in [2.05, 4.69) is 72.5 Å². The number of aromatic nitrogens is 2. The Morgan fingerprint density at radius 1 is 1.03 bits per heavy atom. The van der Waals surface area contributed by atoms with Crippen molar-refractivity contribution in [3.05, 3.63) is 66.0 Å². The van der Waals surface area contributed by atoms with E-state index >= 15 is 0 Å². The van der Waals surface area contributed by atoms with Crippen LogP contribution in [0.1, 0.15) is 43.2 Å². The van der Waals surface area contributed by atoms with Crippen LogP contribution in [0.4, 0.5) is 0 Å². The molecule has 2 aliphatic rings. The first-order chi connectivity index (χ1) is 15.8. The van der Waals surface area contributed by atoms with Gasteiger partial charge in [0.25, 0.3) is 0 Å². The summed E-state index contributed by atoms with van der Waals surface area (Å²) in [7, 11) is 1.86. The molecular formula is C26H35IN6. The number of para-hydroxylation sites is 2. The molecule has 0 radical (unpaired) electrons. The lowest BCUT2D eigenvalue weighted by atomic mass is 10.1. The van der Waals surface area contributed by atoms with E-state index in [4.69, 9.17) is 0 Å². The number of nitrogens with zero attached hydrogens (tertiary/aromatic N) is 4. The molecule has 176 valence electrons. The SMILES string of the molecule is CN=C(NCc1ccc(Cn2cnc3ccccc32)cc1)NC1CCN(C2CCCC2)C1.I. The van der Waals surface area contributed by atoms with Gasteiger partial charge in [-0.05, 0) is 42.5 Å². The van der Waals surface area contributed by atoms with E-state index in [9.17, 15) is 0 Å². The number of likely N-dealkylation sites (tertiary alicyclic amines) is 1. The highest BCUT2D eigenvalue weighted by Crippen LogP contribution is 2.26. The highest BCUT2D eigenvalue weighted by molar-refractivity contribution is 14.0. The van der Waals surface area contributed by atoms with Crippen LogP contribution in [-0.2, 0) is 13.1 Å². The summed E-state index contributed by atoms with van der Waals surface area (Å²) in [6.45, 7) is 3.96. The zero-order chi connectivity index (χ0) is 21.8. The molecule has 1 aliphatic heterocycles. The Hall–Kier alpha value is -2.13. The zero-order valence-corrected chi connectivity index (χ0v) is 21.7. The van der Waals surface area contributed by atoms with Gasteiger partial charge in [-0.2, -0.15) is 0 Å². The Labute approximate surface area is 213 Å². The lowest BCUT2D eigenvalue weighted by Gasteiger charge is -2.24. The zero-order valence-electron chi connectivity index (χ0n) is 19.4. The summed E-state index contributed by atoms with van der Waals surface area (Å²) in [5, 5.41) is 7.13. The first-order valence-electron chi connectivity index (χ1n) is 12.0. The van der Waals surface area contributed by atoms with Crippen LogP contribution in [0.5, 0.6) is 0 Å². The summed E-state index contributed by atoms with van der Waals surface area (Å²) < 4.78 is 2.20. The van der Waals surface area contributed by atoms with Crippen LogP contribution in [0.15, 0.2) is 59.9 Å². The molecular weight excluding hydrogens is 523 g/mol. The van der Waals surface area contributed by atoms with Crippen LogP contribution in [0.25, 0.3) is 11.0 Å². The maximum atomic E-state index is 4.49. The van der Waals surface area contributed by atoms with Crippen molar-refractivity contribution in [2.75, 3.05) is 20.1 Å². The van der Waals surface area contributed by atoms with Gasteiger partial charge in [-0.15, -0.1) is 24.0 Å². The first kappa shape index (κ1) is 24.0. The van der Waals surface area contributed by atoms with Crippen LogP contribution < -0.4 is 10.6 Å². The van der Waals surface area contributed by atoms with Crippen molar-refractivity contribution in [1.82, 2.24) is 25.1 Å². The second-order valence-corrected chi connectivity index (χ2v) is 9.17. The van der Waals surface area contributed by atoms with Gasteiger partial charge in [-0.25, -0.2) is 4.98 Å². The van der Waals surface area contributed by atoms with E-state index in [1.54, 1.807) is 0 Å². The minimum Gasteiger partial charge on any atom is -0.352 e. The highest BCUT2D eigenvalue weighted by atomic mass is 127. The largest absolute Gasteiger partial charge is 0.352 e. The Kier molecular flexibility index (Phi) is 8.25. The molecule has 1 aliphatic carbocycles. The van der Waals surface area contributed by atoms with Crippen LogP contribution in [0.2, 0.25) is 0 Å². The number of halogens is 1. The molecule has 0 spiro atoms. The standard InChI is InChI=1S/C26H34N6.HI/c1-27-26(30-22-14-15-31(18-22)23-6-2-3-7-23)28-16-20-10-12-21(13-11-20)17-32-19-29-24-8-4-5-9-25(24)32;/h4-5,8-13,19,22-23H,2-3,6-7,14-18H2,1H3,(H2,27,28,30);1H. The van der Waals surface area contributed by atoms with Gasteiger partial charge in [0.2, 0.25) is 0 Å². The molecule has 0 bridgehead atoms. The summed E-state index contributed by atoms with van der Waals surface area (Å²) >= 11 is 0. The lowest BCUT2D eigenvalue weighted by Crippen LogP contribution is -2.45. The normalized spacial score (nSPS) is 19.7. The number of hydrogen-bond acceptors (Lipinski definition) is 3. The minimum atomic E-state index is 0. The van der Waals surface area contributed by atoms with Gasteiger partial charge in [0, 0.05) is 45.3 Å². The molecule has 1 saturated carbocycles. The summed E-state index contributed by atoms with van der Waals surface area (Å²) in [6, 6.07) is 18.4. The van der Waals surface area contributed by atoms with Gasteiger partial charge in [-0.1, -0.05) is 49.2 Å². The third-order valence-electron chi connectivity index (χ3n) is 6.99. The lowest BCUT2D eigenvalue weighted by molar-refractivity contribution is 0.242.